The van der Waals surface area contributed by atoms with Crippen LogP contribution >= 0.6 is 0 Å². The highest BCUT2D eigenvalue weighted by atomic mass is 32.2. The number of hydrogen-bond acceptors (Lipinski definition) is 5. The summed E-state index contributed by atoms with van der Waals surface area (Å²) < 4.78 is 56.4. The lowest BCUT2D eigenvalue weighted by Gasteiger charge is -2.16. The molecule has 1 aromatic heterocycles. The molecule has 0 amide bonds. The van der Waals surface area contributed by atoms with Gasteiger partial charge in [0.05, 0.1) is 21.2 Å². The van der Waals surface area contributed by atoms with E-state index < -0.39 is 20.0 Å². The summed E-state index contributed by atoms with van der Waals surface area (Å²) in [6, 6.07) is 13.9. The monoisotopic (exact) mass is 432 g/mol. The van der Waals surface area contributed by atoms with Gasteiger partial charge in [-0.05, 0) is 55.3 Å². The summed E-state index contributed by atoms with van der Waals surface area (Å²) in [7, 11) is -7.50. The normalized spacial score (nSPS) is 15.4. The van der Waals surface area contributed by atoms with E-state index in [2.05, 4.69) is 9.82 Å². The van der Waals surface area contributed by atoms with Gasteiger partial charge in [-0.25, -0.2) is 21.5 Å². The average Bonchev–Trinajstić information content (AvgIpc) is 3.43. The molecule has 29 heavy (non-hydrogen) atoms. The second-order valence-corrected chi connectivity index (χ2v) is 10.3. The number of aromatic nitrogens is 2. The van der Waals surface area contributed by atoms with E-state index in [4.69, 9.17) is 0 Å². The van der Waals surface area contributed by atoms with Crippen molar-refractivity contribution in [1.82, 2.24) is 14.1 Å². The summed E-state index contributed by atoms with van der Waals surface area (Å²) in [6.45, 7) is 0.988. The molecule has 3 aromatic rings. The first-order chi connectivity index (χ1) is 13.9. The quantitative estimate of drug-likeness (QED) is 0.645. The zero-order valence-electron chi connectivity index (χ0n) is 15.5. The SMILES string of the molecule is O=S(=O)(Nc1ccccc1-n1cccn1)c1ccc(S(=O)(=O)N2CCCC2)cc1. The first-order valence-electron chi connectivity index (χ1n) is 9.10. The standard InChI is InChI=1S/C19H20N4O4S2/c24-28(25,21-18-6-1-2-7-19(18)23-15-5-12-20-23)16-8-10-17(11-9-16)29(26,27)22-13-3-4-14-22/h1-2,5-12,15,21H,3-4,13-14H2. The molecule has 0 saturated carbocycles. The van der Waals surface area contributed by atoms with Crippen LogP contribution < -0.4 is 4.72 Å². The first kappa shape index (κ1) is 19.6. The lowest BCUT2D eigenvalue weighted by molar-refractivity contribution is 0.477. The van der Waals surface area contributed by atoms with Gasteiger partial charge in [-0.1, -0.05) is 12.1 Å². The van der Waals surface area contributed by atoms with Crippen molar-refractivity contribution in [2.24, 2.45) is 0 Å². The van der Waals surface area contributed by atoms with Gasteiger partial charge in [-0.15, -0.1) is 0 Å². The molecule has 0 atom stereocenters. The van der Waals surface area contributed by atoms with Gasteiger partial charge in [0, 0.05) is 25.5 Å². The Morgan fingerprint density at radius 1 is 0.828 bits per heavy atom. The Morgan fingerprint density at radius 2 is 1.48 bits per heavy atom. The predicted octanol–water partition coefficient (Wildman–Crippen LogP) is 2.46. The number of hydrogen-bond donors (Lipinski definition) is 1. The van der Waals surface area contributed by atoms with Crippen molar-refractivity contribution in [2.45, 2.75) is 22.6 Å². The van der Waals surface area contributed by atoms with Gasteiger partial charge in [-0.2, -0.15) is 9.40 Å². The van der Waals surface area contributed by atoms with Crippen molar-refractivity contribution in [3.05, 3.63) is 67.0 Å². The topological polar surface area (TPSA) is 101 Å². The zero-order chi connectivity index (χ0) is 20.5. The Kier molecular flexibility index (Phi) is 5.15. The Balaban J connectivity index is 1.61. The van der Waals surface area contributed by atoms with Crippen LogP contribution in [0.15, 0.2) is 76.8 Å². The van der Waals surface area contributed by atoms with Crippen molar-refractivity contribution >= 4 is 25.7 Å². The van der Waals surface area contributed by atoms with E-state index in [0.29, 0.717) is 24.5 Å². The summed E-state index contributed by atoms with van der Waals surface area (Å²) in [5.41, 5.74) is 0.944. The van der Waals surface area contributed by atoms with Gasteiger partial charge in [0.25, 0.3) is 10.0 Å². The number of benzene rings is 2. The van der Waals surface area contributed by atoms with Crippen molar-refractivity contribution in [3.8, 4) is 5.69 Å². The van der Waals surface area contributed by atoms with E-state index in [1.807, 2.05) is 0 Å². The molecule has 0 radical (unpaired) electrons. The van der Waals surface area contributed by atoms with Crippen molar-refractivity contribution < 1.29 is 16.8 Å². The molecule has 0 spiro atoms. The van der Waals surface area contributed by atoms with Crippen LogP contribution in [-0.4, -0.2) is 44.0 Å². The highest BCUT2D eigenvalue weighted by Gasteiger charge is 2.27. The predicted molar refractivity (Wildman–Crippen MR) is 109 cm³/mol. The molecule has 1 saturated heterocycles. The van der Waals surface area contributed by atoms with Crippen LogP contribution in [0.2, 0.25) is 0 Å². The maximum Gasteiger partial charge on any atom is 0.261 e. The number of anilines is 1. The lowest BCUT2D eigenvalue weighted by atomic mass is 10.3. The minimum atomic E-state index is -3.91. The van der Waals surface area contributed by atoms with Crippen molar-refractivity contribution in [2.75, 3.05) is 17.8 Å². The molecular weight excluding hydrogens is 412 g/mol. The Hall–Kier alpha value is -2.69. The minimum Gasteiger partial charge on any atom is -0.277 e. The third-order valence-electron chi connectivity index (χ3n) is 4.74. The van der Waals surface area contributed by atoms with E-state index >= 15 is 0 Å². The second kappa shape index (κ2) is 7.62. The minimum absolute atomic E-state index is 0.0202. The summed E-state index contributed by atoms with van der Waals surface area (Å²) >= 11 is 0. The maximum atomic E-state index is 12.8. The molecule has 0 aliphatic carbocycles. The molecule has 1 fully saturated rings. The van der Waals surface area contributed by atoms with Gasteiger partial charge in [-0.3, -0.25) is 4.72 Å². The van der Waals surface area contributed by atoms with E-state index in [-0.39, 0.29) is 9.79 Å². The molecule has 1 aliphatic heterocycles. The summed E-state index contributed by atoms with van der Waals surface area (Å²) in [5.74, 6) is 0. The average molecular weight is 433 g/mol. The number of nitrogens with zero attached hydrogens (tertiary/aromatic N) is 3. The van der Waals surface area contributed by atoms with Crippen molar-refractivity contribution in [3.63, 3.8) is 0 Å². The van der Waals surface area contributed by atoms with Crippen LogP contribution in [0.25, 0.3) is 5.69 Å². The van der Waals surface area contributed by atoms with Crippen LogP contribution in [0, 0.1) is 0 Å². The molecule has 2 aromatic carbocycles. The van der Waals surface area contributed by atoms with Gasteiger partial charge in [0.1, 0.15) is 0 Å². The van der Waals surface area contributed by atoms with Crippen molar-refractivity contribution in [1.29, 1.82) is 0 Å². The van der Waals surface area contributed by atoms with Crippen LogP contribution in [0.4, 0.5) is 5.69 Å². The van der Waals surface area contributed by atoms with Gasteiger partial charge in [0.15, 0.2) is 0 Å². The van der Waals surface area contributed by atoms with E-state index in [1.54, 1.807) is 47.4 Å². The van der Waals surface area contributed by atoms with Crippen LogP contribution in [0.3, 0.4) is 0 Å². The van der Waals surface area contributed by atoms with Crippen LogP contribution in [0.1, 0.15) is 12.8 Å². The third kappa shape index (κ3) is 3.91. The van der Waals surface area contributed by atoms with E-state index in [1.165, 1.54) is 28.6 Å². The largest absolute Gasteiger partial charge is 0.277 e. The second-order valence-electron chi connectivity index (χ2n) is 6.66. The third-order valence-corrected chi connectivity index (χ3v) is 8.03. The Labute approximate surface area is 169 Å². The maximum absolute atomic E-state index is 12.8. The summed E-state index contributed by atoms with van der Waals surface area (Å²) in [5, 5.41) is 4.14. The molecular formula is C19H20N4O4S2. The molecule has 8 nitrogen and oxygen atoms in total. The van der Waals surface area contributed by atoms with E-state index in [9.17, 15) is 16.8 Å². The molecule has 2 heterocycles. The number of para-hydroxylation sites is 2. The lowest BCUT2D eigenvalue weighted by Crippen LogP contribution is -2.27. The number of sulfonamides is 2. The number of rotatable bonds is 6. The molecule has 0 bridgehead atoms. The molecule has 0 unspecified atom stereocenters. The fourth-order valence-corrected chi connectivity index (χ4v) is 5.83. The van der Waals surface area contributed by atoms with E-state index in [0.717, 1.165) is 12.8 Å². The fourth-order valence-electron chi connectivity index (χ4n) is 3.24. The highest BCUT2D eigenvalue weighted by molar-refractivity contribution is 7.92. The van der Waals surface area contributed by atoms with Gasteiger partial charge < -0.3 is 0 Å². The molecule has 10 heteroatoms. The smallest absolute Gasteiger partial charge is 0.261 e. The summed E-state index contributed by atoms with van der Waals surface area (Å²) in [4.78, 5) is 0.0726. The summed E-state index contributed by atoms with van der Waals surface area (Å²) in [6.07, 6.45) is 4.99. The number of nitrogens with one attached hydrogen (secondary N) is 1. The van der Waals surface area contributed by atoms with Gasteiger partial charge >= 0.3 is 0 Å². The first-order valence-corrected chi connectivity index (χ1v) is 12.0. The zero-order valence-corrected chi connectivity index (χ0v) is 17.1. The van der Waals surface area contributed by atoms with Gasteiger partial charge in [0.2, 0.25) is 10.0 Å². The molecule has 4 rings (SSSR count). The fraction of sp³-hybridized carbons (Fsp3) is 0.211. The molecule has 1 N–H and O–H groups in total. The van der Waals surface area contributed by atoms with Crippen LogP contribution in [-0.2, 0) is 20.0 Å². The highest BCUT2D eigenvalue weighted by Crippen LogP contribution is 2.25. The van der Waals surface area contributed by atoms with Crippen LogP contribution in [0.5, 0.6) is 0 Å². The Morgan fingerprint density at radius 3 is 2.14 bits per heavy atom. The Bertz CT molecular complexity index is 1200. The molecule has 152 valence electrons. The molecule has 1 aliphatic rings.